The van der Waals surface area contributed by atoms with Crippen molar-refractivity contribution in [3.63, 3.8) is 0 Å². The molecule has 5 nitrogen and oxygen atoms in total. The van der Waals surface area contributed by atoms with Crippen LogP contribution in [-0.2, 0) is 11.3 Å². The zero-order chi connectivity index (χ0) is 16.9. The molecule has 0 unspecified atom stereocenters. The molecule has 0 aliphatic heterocycles. The Balaban J connectivity index is 2.07. The summed E-state index contributed by atoms with van der Waals surface area (Å²) in [5.41, 5.74) is 1.48. The monoisotopic (exact) mass is 311 g/mol. The average Bonchev–Trinajstić information content (AvgIpc) is 2.53. The maximum Gasteiger partial charge on any atom is 0.339 e. The molecule has 2 aromatic carbocycles. The summed E-state index contributed by atoms with van der Waals surface area (Å²) in [5.74, 6) is -1.83. The number of aromatic carboxylic acids is 1. The van der Waals surface area contributed by atoms with Gasteiger partial charge in [0.1, 0.15) is 11.3 Å². The third-order valence-electron chi connectivity index (χ3n) is 3.12. The van der Waals surface area contributed by atoms with Gasteiger partial charge in [0, 0.05) is 13.8 Å². The maximum absolute atomic E-state index is 11.2. The second-order valence-electron chi connectivity index (χ2n) is 5.40. The van der Waals surface area contributed by atoms with Gasteiger partial charge < -0.3 is 14.6 Å². The quantitative estimate of drug-likeness (QED) is 0.825. The molecule has 0 heterocycles. The Morgan fingerprint density at radius 3 is 2.65 bits per heavy atom. The van der Waals surface area contributed by atoms with Crippen molar-refractivity contribution in [2.24, 2.45) is 0 Å². The largest absolute Gasteiger partial charge is 0.478 e. The topological polar surface area (TPSA) is 79.5 Å². The summed E-state index contributed by atoms with van der Waals surface area (Å²) in [6.07, 6.45) is 0. The van der Waals surface area contributed by atoms with Gasteiger partial charge in [-0.25, -0.2) is 4.79 Å². The number of benzene rings is 2. The van der Waals surface area contributed by atoms with Gasteiger partial charge in [-0.05, 0) is 29.8 Å². The van der Waals surface area contributed by atoms with E-state index in [1.54, 1.807) is 50.2 Å². The van der Waals surface area contributed by atoms with Crippen molar-refractivity contribution in [1.29, 1.82) is 5.26 Å². The van der Waals surface area contributed by atoms with Gasteiger partial charge in [-0.2, -0.15) is 5.26 Å². The van der Waals surface area contributed by atoms with E-state index < -0.39 is 11.8 Å². The van der Waals surface area contributed by atoms with Gasteiger partial charge in [-0.15, -0.1) is 0 Å². The number of nitriles is 1. The van der Waals surface area contributed by atoms with E-state index in [1.807, 2.05) is 6.07 Å². The Bertz CT molecular complexity index is 747. The summed E-state index contributed by atoms with van der Waals surface area (Å²) in [5, 5.41) is 18.1. The molecule has 0 aliphatic rings. The molecule has 2 rings (SSSR count). The summed E-state index contributed by atoms with van der Waals surface area (Å²) in [6.45, 7) is 3.66. The molecule has 0 spiro atoms. The number of ether oxygens (including phenoxy) is 2. The summed E-state index contributed by atoms with van der Waals surface area (Å²) in [6, 6.07) is 15.6. The van der Waals surface area contributed by atoms with Crippen LogP contribution in [0.25, 0.3) is 0 Å². The molecule has 23 heavy (non-hydrogen) atoms. The van der Waals surface area contributed by atoms with Crippen molar-refractivity contribution in [2.45, 2.75) is 26.2 Å². The van der Waals surface area contributed by atoms with Crippen molar-refractivity contribution >= 4 is 5.97 Å². The molecule has 0 atom stereocenters. The molecular weight excluding hydrogens is 294 g/mol. The molecule has 0 saturated heterocycles. The fourth-order valence-electron chi connectivity index (χ4n) is 2.01. The molecule has 0 amide bonds. The highest BCUT2D eigenvalue weighted by atomic mass is 16.7. The summed E-state index contributed by atoms with van der Waals surface area (Å²) >= 11 is 0. The molecule has 0 fully saturated rings. The fourth-order valence-corrected chi connectivity index (χ4v) is 2.01. The smallest absolute Gasteiger partial charge is 0.339 e. The summed E-state index contributed by atoms with van der Waals surface area (Å²) in [7, 11) is 0. The van der Waals surface area contributed by atoms with Gasteiger partial charge in [0.05, 0.1) is 18.2 Å². The minimum absolute atomic E-state index is 0.0793. The lowest BCUT2D eigenvalue weighted by molar-refractivity contribution is -0.164. The van der Waals surface area contributed by atoms with Crippen LogP contribution < -0.4 is 4.74 Å². The number of carbonyl (C=O) groups is 1. The predicted octanol–water partition coefficient (Wildman–Crippen LogP) is 3.59. The van der Waals surface area contributed by atoms with Gasteiger partial charge in [0.25, 0.3) is 0 Å². The first kappa shape index (κ1) is 16.5. The zero-order valence-electron chi connectivity index (χ0n) is 12.9. The molecule has 1 N–H and O–H groups in total. The predicted molar refractivity (Wildman–Crippen MR) is 84.1 cm³/mol. The first-order valence-electron chi connectivity index (χ1n) is 7.05. The van der Waals surface area contributed by atoms with Crippen molar-refractivity contribution in [3.05, 3.63) is 65.2 Å². The molecular formula is C18H17NO4. The summed E-state index contributed by atoms with van der Waals surface area (Å²) in [4.78, 5) is 11.2. The van der Waals surface area contributed by atoms with Crippen LogP contribution in [-0.4, -0.2) is 16.9 Å². The number of rotatable bonds is 6. The zero-order valence-corrected chi connectivity index (χ0v) is 12.9. The van der Waals surface area contributed by atoms with Crippen LogP contribution in [0, 0.1) is 11.3 Å². The number of hydrogen-bond donors (Lipinski definition) is 1. The van der Waals surface area contributed by atoms with E-state index in [9.17, 15) is 9.90 Å². The van der Waals surface area contributed by atoms with Crippen LogP contribution in [0.15, 0.2) is 48.5 Å². The van der Waals surface area contributed by atoms with Crippen LogP contribution in [0.1, 0.15) is 35.3 Å². The highest BCUT2D eigenvalue weighted by molar-refractivity contribution is 5.90. The molecule has 0 aromatic heterocycles. The van der Waals surface area contributed by atoms with Crippen LogP contribution in [0.3, 0.4) is 0 Å². The van der Waals surface area contributed by atoms with E-state index in [0.29, 0.717) is 5.56 Å². The van der Waals surface area contributed by atoms with Crippen LogP contribution in [0.4, 0.5) is 0 Å². The van der Waals surface area contributed by atoms with E-state index in [1.165, 1.54) is 6.07 Å². The Morgan fingerprint density at radius 1 is 1.22 bits per heavy atom. The van der Waals surface area contributed by atoms with Gasteiger partial charge in [-0.1, -0.05) is 24.3 Å². The number of para-hydroxylation sites is 1. The van der Waals surface area contributed by atoms with E-state index in [0.717, 1.165) is 5.56 Å². The standard InChI is InChI=1S/C18H17NO4/c1-18(2,22-12-14-7-5-6-13(10-14)11-19)23-16-9-4-3-8-15(16)17(20)21/h3-10H,12H2,1-2H3,(H,20,21). The normalized spacial score (nSPS) is 10.8. The van der Waals surface area contributed by atoms with Gasteiger partial charge >= 0.3 is 5.97 Å². The van der Waals surface area contributed by atoms with Crippen LogP contribution in [0.2, 0.25) is 0 Å². The highest BCUT2D eigenvalue weighted by Crippen LogP contribution is 2.24. The van der Waals surface area contributed by atoms with E-state index in [-0.39, 0.29) is 17.9 Å². The van der Waals surface area contributed by atoms with Gasteiger partial charge in [-0.3, -0.25) is 0 Å². The Labute approximate surface area is 134 Å². The number of carboxylic acids is 1. The maximum atomic E-state index is 11.2. The lowest BCUT2D eigenvalue weighted by atomic mass is 10.1. The van der Waals surface area contributed by atoms with Crippen molar-refractivity contribution < 1.29 is 19.4 Å². The average molecular weight is 311 g/mol. The Hall–Kier alpha value is -2.84. The minimum atomic E-state index is -1.06. The SMILES string of the molecule is CC(C)(OCc1cccc(C#N)c1)Oc1ccccc1C(=O)O. The summed E-state index contributed by atoms with van der Waals surface area (Å²) < 4.78 is 11.4. The first-order valence-corrected chi connectivity index (χ1v) is 7.05. The van der Waals surface area contributed by atoms with Gasteiger partial charge in [0.2, 0.25) is 5.79 Å². The second kappa shape index (κ2) is 6.95. The second-order valence-corrected chi connectivity index (χ2v) is 5.40. The minimum Gasteiger partial charge on any atom is -0.478 e. The van der Waals surface area contributed by atoms with Crippen molar-refractivity contribution in [1.82, 2.24) is 0 Å². The number of nitrogens with zero attached hydrogens (tertiary/aromatic N) is 1. The van der Waals surface area contributed by atoms with Crippen LogP contribution in [0.5, 0.6) is 5.75 Å². The van der Waals surface area contributed by atoms with E-state index in [4.69, 9.17) is 14.7 Å². The third kappa shape index (κ3) is 4.56. The Morgan fingerprint density at radius 2 is 1.96 bits per heavy atom. The van der Waals surface area contributed by atoms with Crippen molar-refractivity contribution in [2.75, 3.05) is 0 Å². The molecule has 0 saturated carbocycles. The van der Waals surface area contributed by atoms with Crippen LogP contribution >= 0.6 is 0 Å². The highest BCUT2D eigenvalue weighted by Gasteiger charge is 2.23. The Kier molecular flexibility index (Phi) is 4.99. The molecule has 5 heteroatoms. The van der Waals surface area contributed by atoms with Crippen molar-refractivity contribution in [3.8, 4) is 11.8 Å². The van der Waals surface area contributed by atoms with Gasteiger partial charge in [0.15, 0.2) is 0 Å². The third-order valence-corrected chi connectivity index (χ3v) is 3.12. The molecule has 2 aromatic rings. The van der Waals surface area contributed by atoms with E-state index >= 15 is 0 Å². The fraction of sp³-hybridized carbons (Fsp3) is 0.222. The molecule has 118 valence electrons. The molecule has 0 aliphatic carbocycles. The molecule has 0 radical (unpaired) electrons. The molecule has 0 bridgehead atoms. The lowest BCUT2D eigenvalue weighted by Crippen LogP contribution is -2.32. The van der Waals surface area contributed by atoms with E-state index in [2.05, 4.69) is 6.07 Å². The number of hydrogen-bond acceptors (Lipinski definition) is 4. The number of carboxylic acid groups (broad SMARTS) is 1. The first-order chi connectivity index (χ1) is 10.9. The lowest BCUT2D eigenvalue weighted by Gasteiger charge is -2.27.